The van der Waals surface area contributed by atoms with E-state index in [4.69, 9.17) is 0 Å². The molecule has 1 N–H and O–H groups in total. The first-order valence-electron chi connectivity index (χ1n) is 9.42. The minimum Gasteiger partial charge on any atom is -0.347 e. The van der Waals surface area contributed by atoms with Gasteiger partial charge in [0.15, 0.2) is 0 Å². The van der Waals surface area contributed by atoms with Gasteiger partial charge in [0.1, 0.15) is 10.7 Å². The topological polar surface area (TPSA) is 79.4 Å². The highest BCUT2D eigenvalue weighted by atomic mass is 32.2. The van der Waals surface area contributed by atoms with Crippen LogP contribution in [0.3, 0.4) is 0 Å². The summed E-state index contributed by atoms with van der Waals surface area (Å²) in [6.07, 6.45) is 1.82. The number of hydrogen-bond donors (Lipinski definition) is 1. The highest BCUT2D eigenvalue weighted by molar-refractivity contribution is 7.89. The summed E-state index contributed by atoms with van der Waals surface area (Å²) in [6, 6.07) is 16.4. The van der Waals surface area contributed by atoms with Gasteiger partial charge in [0.2, 0.25) is 10.0 Å². The van der Waals surface area contributed by atoms with E-state index in [1.54, 1.807) is 29.6 Å². The molecular weight excluding hydrogens is 406 g/mol. The van der Waals surface area contributed by atoms with Gasteiger partial charge in [-0.15, -0.1) is 11.3 Å². The van der Waals surface area contributed by atoms with E-state index < -0.39 is 10.0 Å². The fourth-order valence-corrected chi connectivity index (χ4v) is 5.54. The number of rotatable bonds is 6. The maximum Gasteiger partial charge on any atom is 0.271 e. The highest BCUT2D eigenvalue weighted by Crippen LogP contribution is 2.23. The molecule has 2 aromatic carbocycles. The van der Waals surface area contributed by atoms with Crippen molar-refractivity contribution in [1.29, 1.82) is 0 Å². The molecule has 8 heteroatoms. The fourth-order valence-electron chi connectivity index (χ4n) is 3.22. The van der Waals surface area contributed by atoms with Gasteiger partial charge in [-0.2, -0.15) is 4.31 Å². The summed E-state index contributed by atoms with van der Waals surface area (Å²) in [5, 5.41) is 5.38. The molecular formula is C21H21N3O3S2. The van der Waals surface area contributed by atoms with Crippen LogP contribution in [-0.2, 0) is 16.6 Å². The molecule has 150 valence electrons. The molecule has 0 unspecified atom stereocenters. The molecule has 1 aliphatic heterocycles. The normalized spacial score (nSPS) is 14.8. The third kappa shape index (κ3) is 4.39. The van der Waals surface area contributed by atoms with Crippen molar-refractivity contribution in [3.8, 4) is 10.6 Å². The van der Waals surface area contributed by atoms with Crippen LogP contribution in [0, 0.1) is 0 Å². The van der Waals surface area contributed by atoms with Gasteiger partial charge in [-0.1, -0.05) is 42.5 Å². The zero-order valence-corrected chi connectivity index (χ0v) is 17.4. The number of nitrogens with one attached hydrogen (secondary N) is 1. The minimum atomic E-state index is -3.42. The van der Waals surface area contributed by atoms with Crippen LogP contribution < -0.4 is 5.32 Å². The van der Waals surface area contributed by atoms with Crippen LogP contribution in [0.4, 0.5) is 0 Å². The van der Waals surface area contributed by atoms with Crippen LogP contribution in [0.25, 0.3) is 10.6 Å². The lowest BCUT2D eigenvalue weighted by atomic mass is 10.2. The van der Waals surface area contributed by atoms with E-state index in [9.17, 15) is 13.2 Å². The summed E-state index contributed by atoms with van der Waals surface area (Å²) < 4.78 is 26.7. The number of nitrogens with zero attached hydrogens (tertiary/aromatic N) is 2. The average molecular weight is 428 g/mol. The minimum absolute atomic E-state index is 0.253. The van der Waals surface area contributed by atoms with E-state index in [1.807, 2.05) is 30.3 Å². The lowest BCUT2D eigenvalue weighted by Gasteiger charge is -2.15. The smallest absolute Gasteiger partial charge is 0.271 e. The van der Waals surface area contributed by atoms with E-state index in [0.717, 1.165) is 29.0 Å². The number of sulfonamides is 1. The summed E-state index contributed by atoms with van der Waals surface area (Å²) >= 11 is 1.43. The zero-order chi connectivity index (χ0) is 20.3. The highest BCUT2D eigenvalue weighted by Gasteiger charge is 2.26. The molecule has 4 rings (SSSR count). The Balaban J connectivity index is 1.38. The molecule has 0 saturated carbocycles. The van der Waals surface area contributed by atoms with E-state index in [0.29, 0.717) is 30.2 Å². The molecule has 1 fully saturated rings. The third-order valence-electron chi connectivity index (χ3n) is 4.84. The number of carbonyl (C=O) groups is 1. The molecule has 3 aromatic rings. The Kier molecular flexibility index (Phi) is 5.75. The van der Waals surface area contributed by atoms with Crippen molar-refractivity contribution in [2.75, 3.05) is 13.1 Å². The average Bonchev–Trinajstić information content (AvgIpc) is 3.46. The van der Waals surface area contributed by atoms with Crippen LogP contribution in [0.2, 0.25) is 0 Å². The summed E-state index contributed by atoms with van der Waals surface area (Å²) in [5.74, 6) is -0.253. The number of benzene rings is 2. The predicted molar refractivity (Wildman–Crippen MR) is 113 cm³/mol. The second kappa shape index (κ2) is 8.44. The van der Waals surface area contributed by atoms with Gasteiger partial charge in [-0.3, -0.25) is 4.79 Å². The van der Waals surface area contributed by atoms with Crippen LogP contribution >= 0.6 is 11.3 Å². The molecule has 1 aliphatic rings. The second-order valence-electron chi connectivity index (χ2n) is 6.84. The first-order chi connectivity index (χ1) is 14.0. The molecule has 0 atom stereocenters. The van der Waals surface area contributed by atoms with Gasteiger partial charge in [0, 0.05) is 30.6 Å². The first-order valence-corrected chi connectivity index (χ1v) is 11.7. The molecule has 0 bridgehead atoms. The first kappa shape index (κ1) is 19.8. The van der Waals surface area contributed by atoms with Crippen LogP contribution in [0.5, 0.6) is 0 Å². The van der Waals surface area contributed by atoms with E-state index >= 15 is 0 Å². The van der Waals surface area contributed by atoms with Crippen molar-refractivity contribution >= 4 is 27.3 Å². The van der Waals surface area contributed by atoms with Crippen LogP contribution in [0.1, 0.15) is 28.9 Å². The molecule has 0 spiro atoms. The third-order valence-corrected chi connectivity index (χ3v) is 7.64. The largest absolute Gasteiger partial charge is 0.347 e. The Hall–Kier alpha value is -2.55. The van der Waals surface area contributed by atoms with Gasteiger partial charge in [0.05, 0.1) is 4.90 Å². The second-order valence-corrected chi connectivity index (χ2v) is 9.64. The molecule has 0 radical (unpaired) electrons. The zero-order valence-electron chi connectivity index (χ0n) is 15.7. The van der Waals surface area contributed by atoms with Crippen molar-refractivity contribution in [1.82, 2.24) is 14.6 Å². The fraction of sp³-hybridized carbons (Fsp3) is 0.238. The number of hydrogen-bond acceptors (Lipinski definition) is 5. The maximum atomic E-state index is 12.6. The van der Waals surface area contributed by atoms with Crippen LogP contribution in [0.15, 0.2) is 64.9 Å². The van der Waals surface area contributed by atoms with Crippen molar-refractivity contribution in [3.05, 3.63) is 71.2 Å². The van der Waals surface area contributed by atoms with E-state index in [1.165, 1.54) is 15.6 Å². The molecule has 29 heavy (non-hydrogen) atoms. The van der Waals surface area contributed by atoms with Gasteiger partial charge < -0.3 is 5.32 Å². The maximum absolute atomic E-state index is 12.6. The molecule has 6 nitrogen and oxygen atoms in total. The summed E-state index contributed by atoms with van der Waals surface area (Å²) in [6.45, 7) is 1.47. The number of amides is 1. The van der Waals surface area contributed by atoms with Gasteiger partial charge in [-0.05, 0) is 30.5 Å². The monoisotopic (exact) mass is 427 g/mol. The van der Waals surface area contributed by atoms with Crippen molar-refractivity contribution in [2.45, 2.75) is 24.3 Å². The van der Waals surface area contributed by atoms with Crippen molar-refractivity contribution in [2.24, 2.45) is 0 Å². The van der Waals surface area contributed by atoms with Crippen molar-refractivity contribution in [3.63, 3.8) is 0 Å². The van der Waals surface area contributed by atoms with E-state index in [-0.39, 0.29) is 5.91 Å². The Morgan fingerprint density at radius 1 is 1.03 bits per heavy atom. The molecule has 1 amide bonds. The summed E-state index contributed by atoms with van der Waals surface area (Å²) in [4.78, 5) is 17.1. The van der Waals surface area contributed by atoms with Gasteiger partial charge >= 0.3 is 0 Å². The Bertz CT molecular complexity index is 1090. The predicted octanol–water partition coefficient (Wildman–Crippen LogP) is 3.52. The molecule has 1 saturated heterocycles. The number of aromatic nitrogens is 1. The Labute approximate surface area is 174 Å². The standard InChI is InChI=1S/C21H21N3O3S2/c25-20(19-15-28-21(23-19)17-6-2-1-3-7-17)22-14-16-8-10-18(11-9-16)29(26,27)24-12-4-5-13-24/h1-3,6-11,15H,4-5,12-14H2,(H,22,25). The molecule has 0 aliphatic carbocycles. The molecule has 1 aromatic heterocycles. The summed E-state index contributed by atoms with van der Waals surface area (Å²) in [5.41, 5.74) is 2.19. The quantitative estimate of drug-likeness (QED) is 0.653. The SMILES string of the molecule is O=C(NCc1ccc(S(=O)(=O)N2CCCC2)cc1)c1csc(-c2ccccc2)n1. The Morgan fingerprint density at radius 2 is 1.72 bits per heavy atom. The molecule has 2 heterocycles. The van der Waals surface area contributed by atoms with E-state index in [2.05, 4.69) is 10.3 Å². The van der Waals surface area contributed by atoms with Gasteiger partial charge in [0.25, 0.3) is 5.91 Å². The van der Waals surface area contributed by atoms with Crippen molar-refractivity contribution < 1.29 is 13.2 Å². The van der Waals surface area contributed by atoms with Crippen LogP contribution in [-0.4, -0.2) is 36.7 Å². The Morgan fingerprint density at radius 3 is 2.41 bits per heavy atom. The lowest BCUT2D eigenvalue weighted by molar-refractivity contribution is 0.0946. The number of thiazole rings is 1. The number of carbonyl (C=O) groups excluding carboxylic acids is 1. The summed E-state index contributed by atoms with van der Waals surface area (Å²) in [7, 11) is -3.42. The van der Waals surface area contributed by atoms with Gasteiger partial charge in [-0.25, -0.2) is 13.4 Å². The lowest BCUT2D eigenvalue weighted by Crippen LogP contribution is -2.28.